The molecule has 5 heteroatoms. The van der Waals surface area contributed by atoms with Gasteiger partial charge in [-0.2, -0.15) is 4.98 Å². The van der Waals surface area contributed by atoms with E-state index in [0.29, 0.717) is 18.3 Å². The van der Waals surface area contributed by atoms with Crippen LogP contribution in [0.3, 0.4) is 0 Å². The zero-order chi connectivity index (χ0) is 11.3. The quantitative estimate of drug-likeness (QED) is 0.678. The predicted octanol–water partition coefficient (Wildman–Crippen LogP) is 1.09. The van der Waals surface area contributed by atoms with E-state index in [9.17, 15) is 5.11 Å². The summed E-state index contributed by atoms with van der Waals surface area (Å²) in [5.41, 5.74) is -0.747. The van der Waals surface area contributed by atoms with Crippen LogP contribution in [0.5, 0.6) is 0 Å². The molecule has 0 radical (unpaired) electrons. The van der Waals surface area contributed by atoms with Gasteiger partial charge < -0.3 is 15.7 Å². The van der Waals surface area contributed by atoms with E-state index in [2.05, 4.69) is 20.6 Å². The summed E-state index contributed by atoms with van der Waals surface area (Å²) in [7, 11) is 0. The van der Waals surface area contributed by atoms with E-state index in [1.807, 2.05) is 6.92 Å². The van der Waals surface area contributed by atoms with E-state index < -0.39 is 5.60 Å². The maximum atomic E-state index is 9.53. The summed E-state index contributed by atoms with van der Waals surface area (Å²) in [5, 5.41) is 15.6. The van der Waals surface area contributed by atoms with Gasteiger partial charge in [0.25, 0.3) is 0 Å². The Morgan fingerprint density at radius 3 is 2.73 bits per heavy atom. The van der Waals surface area contributed by atoms with Gasteiger partial charge in [0.15, 0.2) is 0 Å². The van der Waals surface area contributed by atoms with Crippen LogP contribution in [-0.4, -0.2) is 33.8 Å². The lowest BCUT2D eigenvalue weighted by molar-refractivity contribution is 0.0944. The Labute approximate surface area is 90.0 Å². The lowest BCUT2D eigenvalue weighted by Crippen LogP contribution is -2.29. The van der Waals surface area contributed by atoms with Gasteiger partial charge in [0.2, 0.25) is 5.95 Å². The second-order valence-electron chi connectivity index (χ2n) is 3.96. The Hall–Kier alpha value is -1.36. The molecule has 1 aromatic rings. The second kappa shape index (κ2) is 4.93. The number of hydrogen-bond donors (Lipinski definition) is 3. The molecule has 1 rings (SSSR count). The molecule has 0 amide bonds. The largest absolute Gasteiger partial charge is 0.389 e. The molecule has 3 N–H and O–H groups in total. The third-order valence-electron chi connectivity index (χ3n) is 1.69. The molecular formula is C10H18N4O. The molecule has 84 valence electrons. The fourth-order valence-corrected chi connectivity index (χ4v) is 1.01. The van der Waals surface area contributed by atoms with Gasteiger partial charge in [-0.25, -0.2) is 4.98 Å². The van der Waals surface area contributed by atoms with E-state index in [4.69, 9.17) is 0 Å². The average molecular weight is 210 g/mol. The van der Waals surface area contributed by atoms with E-state index in [0.717, 1.165) is 6.54 Å². The van der Waals surface area contributed by atoms with Crippen LogP contribution in [0.25, 0.3) is 0 Å². The van der Waals surface area contributed by atoms with Crippen LogP contribution in [0.1, 0.15) is 20.8 Å². The minimum Gasteiger partial charge on any atom is -0.389 e. The SMILES string of the molecule is CCNc1nccc(NCC(C)(C)O)n1. The molecule has 15 heavy (non-hydrogen) atoms. The van der Waals surface area contributed by atoms with Crippen molar-refractivity contribution in [2.75, 3.05) is 23.7 Å². The van der Waals surface area contributed by atoms with Gasteiger partial charge in [-0.15, -0.1) is 0 Å². The van der Waals surface area contributed by atoms with E-state index in [1.165, 1.54) is 0 Å². The van der Waals surface area contributed by atoms with Gasteiger partial charge in [0.1, 0.15) is 5.82 Å². The molecular weight excluding hydrogens is 192 g/mol. The van der Waals surface area contributed by atoms with Gasteiger partial charge in [-0.1, -0.05) is 0 Å². The maximum Gasteiger partial charge on any atom is 0.224 e. The average Bonchev–Trinajstić information content (AvgIpc) is 2.15. The van der Waals surface area contributed by atoms with Crippen LogP contribution < -0.4 is 10.6 Å². The molecule has 0 atom stereocenters. The Bertz CT molecular complexity index is 309. The molecule has 0 unspecified atom stereocenters. The highest BCUT2D eigenvalue weighted by molar-refractivity contribution is 5.39. The maximum absolute atomic E-state index is 9.53. The number of rotatable bonds is 5. The second-order valence-corrected chi connectivity index (χ2v) is 3.96. The van der Waals surface area contributed by atoms with Crippen molar-refractivity contribution in [3.8, 4) is 0 Å². The van der Waals surface area contributed by atoms with Gasteiger partial charge in [-0.3, -0.25) is 0 Å². The third kappa shape index (κ3) is 4.60. The molecule has 0 bridgehead atoms. The lowest BCUT2D eigenvalue weighted by atomic mass is 10.1. The summed E-state index contributed by atoms with van der Waals surface area (Å²) >= 11 is 0. The van der Waals surface area contributed by atoms with Gasteiger partial charge in [-0.05, 0) is 26.8 Å². The zero-order valence-electron chi connectivity index (χ0n) is 9.41. The predicted molar refractivity (Wildman–Crippen MR) is 61.0 cm³/mol. The van der Waals surface area contributed by atoms with Crippen molar-refractivity contribution in [1.29, 1.82) is 0 Å². The van der Waals surface area contributed by atoms with Crippen LogP contribution in [0.2, 0.25) is 0 Å². The van der Waals surface area contributed by atoms with Gasteiger partial charge in [0.05, 0.1) is 5.60 Å². The van der Waals surface area contributed by atoms with Crippen molar-refractivity contribution in [3.63, 3.8) is 0 Å². The first-order chi connectivity index (χ1) is 7.01. The molecule has 5 nitrogen and oxygen atoms in total. The molecule has 1 aromatic heterocycles. The highest BCUT2D eigenvalue weighted by Crippen LogP contribution is 2.07. The Morgan fingerprint density at radius 1 is 1.40 bits per heavy atom. The van der Waals surface area contributed by atoms with Crippen LogP contribution in [0.15, 0.2) is 12.3 Å². The number of anilines is 2. The van der Waals surface area contributed by atoms with E-state index in [1.54, 1.807) is 26.1 Å². The molecule has 0 saturated heterocycles. The Balaban J connectivity index is 2.57. The first kappa shape index (κ1) is 11.7. The first-order valence-corrected chi connectivity index (χ1v) is 5.04. The molecule has 0 aliphatic carbocycles. The van der Waals surface area contributed by atoms with Crippen molar-refractivity contribution < 1.29 is 5.11 Å². The third-order valence-corrected chi connectivity index (χ3v) is 1.69. The Kier molecular flexibility index (Phi) is 3.85. The minimum atomic E-state index is -0.747. The van der Waals surface area contributed by atoms with Gasteiger partial charge in [0, 0.05) is 19.3 Å². The molecule has 0 saturated carbocycles. The minimum absolute atomic E-state index is 0.454. The van der Waals surface area contributed by atoms with Crippen LogP contribution in [0, 0.1) is 0 Å². The standard InChI is InChI=1S/C10H18N4O/c1-4-11-9-12-6-5-8(14-9)13-7-10(2,3)15/h5-6,15H,4,7H2,1-3H3,(H2,11,12,13,14). The normalized spacial score (nSPS) is 11.2. The van der Waals surface area contributed by atoms with Crippen LogP contribution in [-0.2, 0) is 0 Å². The molecule has 0 spiro atoms. The summed E-state index contributed by atoms with van der Waals surface area (Å²) in [6.45, 7) is 6.71. The smallest absolute Gasteiger partial charge is 0.224 e. The summed E-state index contributed by atoms with van der Waals surface area (Å²) in [6, 6.07) is 1.77. The number of aromatic nitrogens is 2. The number of nitrogens with one attached hydrogen (secondary N) is 2. The van der Waals surface area contributed by atoms with E-state index >= 15 is 0 Å². The fraction of sp³-hybridized carbons (Fsp3) is 0.600. The summed E-state index contributed by atoms with van der Waals surface area (Å²) in [5.74, 6) is 1.31. The fourth-order valence-electron chi connectivity index (χ4n) is 1.01. The molecule has 0 aliphatic heterocycles. The molecule has 0 aromatic carbocycles. The lowest BCUT2D eigenvalue weighted by Gasteiger charge is -2.18. The molecule has 0 aliphatic rings. The van der Waals surface area contributed by atoms with E-state index in [-0.39, 0.29) is 0 Å². The van der Waals surface area contributed by atoms with Crippen molar-refractivity contribution in [2.45, 2.75) is 26.4 Å². The first-order valence-electron chi connectivity index (χ1n) is 5.04. The van der Waals surface area contributed by atoms with Gasteiger partial charge >= 0.3 is 0 Å². The highest BCUT2D eigenvalue weighted by atomic mass is 16.3. The number of nitrogens with zero attached hydrogens (tertiary/aromatic N) is 2. The summed E-state index contributed by atoms with van der Waals surface area (Å²) in [4.78, 5) is 8.27. The zero-order valence-corrected chi connectivity index (χ0v) is 9.41. The molecule has 0 fully saturated rings. The number of hydrogen-bond acceptors (Lipinski definition) is 5. The highest BCUT2D eigenvalue weighted by Gasteiger charge is 2.11. The number of aliphatic hydroxyl groups is 1. The monoisotopic (exact) mass is 210 g/mol. The Morgan fingerprint density at radius 2 is 2.13 bits per heavy atom. The van der Waals surface area contributed by atoms with Crippen LogP contribution in [0.4, 0.5) is 11.8 Å². The van der Waals surface area contributed by atoms with Crippen molar-refractivity contribution in [2.24, 2.45) is 0 Å². The topological polar surface area (TPSA) is 70.1 Å². The van der Waals surface area contributed by atoms with Crippen molar-refractivity contribution >= 4 is 11.8 Å². The summed E-state index contributed by atoms with van der Waals surface area (Å²) < 4.78 is 0. The van der Waals surface area contributed by atoms with Crippen molar-refractivity contribution in [3.05, 3.63) is 12.3 Å². The summed E-state index contributed by atoms with van der Waals surface area (Å²) in [6.07, 6.45) is 1.68. The van der Waals surface area contributed by atoms with Crippen LogP contribution >= 0.6 is 0 Å². The molecule has 1 heterocycles. The van der Waals surface area contributed by atoms with Crippen molar-refractivity contribution in [1.82, 2.24) is 9.97 Å².